The number of thiophene rings is 1. The highest BCUT2D eigenvalue weighted by atomic mass is 32.1. The predicted octanol–water partition coefficient (Wildman–Crippen LogP) is 4.60. The summed E-state index contributed by atoms with van der Waals surface area (Å²) in [6, 6.07) is 2.05. The fourth-order valence-corrected chi connectivity index (χ4v) is 3.22. The molecule has 1 fully saturated rings. The maximum atomic E-state index is 12.3. The third-order valence-electron chi connectivity index (χ3n) is 3.49. The predicted molar refractivity (Wildman–Crippen MR) is 69.2 cm³/mol. The van der Waals surface area contributed by atoms with Gasteiger partial charge in [0, 0.05) is 21.7 Å². The maximum Gasteiger partial charge on any atom is 0.166 e. The van der Waals surface area contributed by atoms with Crippen molar-refractivity contribution in [1.82, 2.24) is 0 Å². The molecule has 0 unspecified atom stereocenters. The SMILES string of the molecule is Cc1cc(C(=O)C2CCCCCCC2)cs1. The first-order chi connectivity index (χ1) is 7.77. The van der Waals surface area contributed by atoms with Crippen LogP contribution in [0.2, 0.25) is 0 Å². The van der Waals surface area contributed by atoms with E-state index < -0.39 is 0 Å². The molecule has 1 aliphatic carbocycles. The zero-order valence-electron chi connectivity index (χ0n) is 10.00. The van der Waals surface area contributed by atoms with Gasteiger partial charge in [-0.05, 0) is 25.8 Å². The van der Waals surface area contributed by atoms with E-state index in [9.17, 15) is 4.79 Å². The quantitative estimate of drug-likeness (QED) is 0.686. The second kappa shape index (κ2) is 5.62. The first-order valence-electron chi connectivity index (χ1n) is 6.37. The van der Waals surface area contributed by atoms with E-state index in [1.54, 1.807) is 11.3 Å². The van der Waals surface area contributed by atoms with Crippen LogP contribution >= 0.6 is 11.3 Å². The van der Waals surface area contributed by atoms with Crippen LogP contribution in [0.3, 0.4) is 0 Å². The number of hydrogen-bond donors (Lipinski definition) is 0. The Morgan fingerprint density at radius 1 is 1.19 bits per heavy atom. The molecular weight excluding hydrogens is 216 g/mol. The van der Waals surface area contributed by atoms with Crippen molar-refractivity contribution < 1.29 is 4.79 Å². The fourth-order valence-electron chi connectivity index (χ4n) is 2.53. The molecular formula is C14H20OS. The topological polar surface area (TPSA) is 17.1 Å². The molecule has 0 saturated heterocycles. The van der Waals surface area contributed by atoms with E-state index in [0.29, 0.717) is 11.7 Å². The standard InChI is InChI=1S/C14H20OS/c1-11-9-13(10-16-11)14(15)12-7-5-3-2-4-6-8-12/h9-10,12H,2-8H2,1H3. The van der Waals surface area contributed by atoms with Gasteiger partial charge in [0.1, 0.15) is 0 Å². The highest BCUT2D eigenvalue weighted by Crippen LogP contribution is 2.26. The van der Waals surface area contributed by atoms with E-state index in [1.807, 2.05) is 11.4 Å². The zero-order chi connectivity index (χ0) is 11.4. The smallest absolute Gasteiger partial charge is 0.166 e. The van der Waals surface area contributed by atoms with Gasteiger partial charge in [-0.25, -0.2) is 0 Å². The zero-order valence-corrected chi connectivity index (χ0v) is 10.8. The molecule has 0 spiro atoms. The van der Waals surface area contributed by atoms with Crippen molar-refractivity contribution in [3.63, 3.8) is 0 Å². The number of hydrogen-bond acceptors (Lipinski definition) is 2. The maximum absolute atomic E-state index is 12.3. The Balaban J connectivity index is 2.01. The largest absolute Gasteiger partial charge is 0.294 e. The molecule has 1 aromatic rings. The lowest BCUT2D eigenvalue weighted by Crippen LogP contribution is -2.15. The Morgan fingerprint density at radius 3 is 2.38 bits per heavy atom. The molecule has 1 nitrogen and oxygen atoms in total. The Hall–Kier alpha value is -0.630. The van der Waals surface area contributed by atoms with Gasteiger partial charge in [-0.15, -0.1) is 11.3 Å². The van der Waals surface area contributed by atoms with Crippen LogP contribution in [0, 0.1) is 12.8 Å². The summed E-state index contributed by atoms with van der Waals surface area (Å²) >= 11 is 1.69. The van der Waals surface area contributed by atoms with Gasteiger partial charge < -0.3 is 0 Å². The summed E-state index contributed by atoms with van der Waals surface area (Å²) in [6.07, 6.45) is 8.66. The summed E-state index contributed by atoms with van der Waals surface area (Å²) in [4.78, 5) is 13.5. The van der Waals surface area contributed by atoms with E-state index in [0.717, 1.165) is 18.4 Å². The third-order valence-corrected chi connectivity index (χ3v) is 4.35. The minimum absolute atomic E-state index is 0.300. The normalized spacial score (nSPS) is 19.1. The summed E-state index contributed by atoms with van der Waals surface area (Å²) in [5.74, 6) is 0.695. The highest BCUT2D eigenvalue weighted by Gasteiger charge is 2.21. The molecule has 16 heavy (non-hydrogen) atoms. The Bertz CT molecular complexity index is 345. The summed E-state index contributed by atoms with van der Waals surface area (Å²) in [5.41, 5.74) is 0.952. The molecule has 0 amide bonds. The summed E-state index contributed by atoms with van der Waals surface area (Å²) in [5, 5.41) is 2.02. The number of carbonyl (C=O) groups excluding carboxylic acids is 1. The van der Waals surface area contributed by atoms with Gasteiger partial charge in [-0.3, -0.25) is 4.79 Å². The van der Waals surface area contributed by atoms with Crippen LogP contribution in [0.25, 0.3) is 0 Å². The Labute approximate surface area is 102 Å². The average molecular weight is 236 g/mol. The van der Waals surface area contributed by atoms with Crippen molar-refractivity contribution in [3.8, 4) is 0 Å². The monoisotopic (exact) mass is 236 g/mol. The number of rotatable bonds is 2. The van der Waals surface area contributed by atoms with E-state index in [2.05, 4.69) is 6.92 Å². The molecule has 0 bridgehead atoms. The lowest BCUT2D eigenvalue weighted by Gasteiger charge is -2.17. The fraction of sp³-hybridized carbons (Fsp3) is 0.643. The Morgan fingerprint density at radius 2 is 1.81 bits per heavy atom. The number of aryl methyl sites for hydroxylation is 1. The first-order valence-corrected chi connectivity index (χ1v) is 7.24. The van der Waals surface area contributed by atoms with Crippen LogP contribution in [-0.4, -0.2) is 5.78 Å². The van der Waals surface area contributed by atoms with Gasteiger partial charge >= 0.3 is 0 Å². The summed E-state index contributed by atoms with van der Waals surface area (Å²) in [7, 11) is 0. The van der Waals surface area contributed by atoms with Crippen molar-refractivity contribution in [1.29, 1.82) is 0 Å². The average Bonchev–Trinajstić information content (AvgIpc) is 2.63. The van der Waals surface area contributed by atoms with Crippen molar-refractivity contribution in [3.05, 3.63) is 21.9 Å². The van der Waals surface area contributed by atoms with Gasteiger partial charge in [-0.2, -0.15) is 0 Å². The van der Waals surface area contributed by atoms with Gasteiger partial charge in [0.05, 0.1) is 0 Å². The van der Waals surface area contributed by atoms with Crippen molar-refractivity contribution in [2.75, 3.05) is 0 Å². The molecule has 0 atom stereocenters. The second-order valence-corrected chi connectivity index (χ2v) is 5.97. The number of ketones is 1. The van der Waals surface area contributed by atoms with Crippen LogP contribution in [0.4, 0.5) is 0 Å². The molecule has 0 aromatic carbocycles. The van der Waals surface area contributed by atoms with Crippen LogP contribution in [0.15, 0.2) is 11.4 Å². The lowest BCUT2D eigenvalue weighted by molar-refractivity contribution is 0.0899. The van der Waals surface area contributed by atoms with Gasteiger partial charge in [0.2, 0.25) is 0 Å². The van der Waals surface area contributed by atoms with E-state index in [4.69, 9.17) is 0 Å². The molecule has 1 aromatic heterocycles. The minimum atomic E-state index is 0.300. The molecule has 1 heterocycles. The second-order valence-electron chi connectivity index (χ2n) is 4.85. The number of carbonyl (C=O) groups is 1. The minimum Gasteiger partial charge on any atom is -0.294 e. The summed E-state index contributed by atoms with van der Waals surface area (Å²) < 4.78 is 0. The molecule has 0 radical (unpaired) electrons. The van der Waals surface area contributed by atoms with E-state index >= 15 is 0 Å². The van der Waals surface area contributed by atoms with Gasteiger partial charge in [-0.1, -0.05) is 32.1 Å². The molecule has 0 N–H and O–H groups in total. The van der Waals surface area contributed by atoms with Crippen LogP contribution < -0.4 is 0 Å². The molecule has 2 heteroatoms. The lowest BCUT2D eigenvalue weighted by atomic mass is 9.86. The van der Waals surface area contributed by atoms with Crippen molar-refractivity contribution >= 4 is 17.1 Å². The highest BCUT2D eigenvalue weighted by molar-refractivity contribution is 7.10. The van der Waals surface area contributed by atoms with Crippen molar-refractivity contribution in [2.24, 2.45) is 5.92 Å². The molecule has 1 aliphatic rings. The van der Waals surface area contributed by atoms with Gasteiger partial charge in [0.15, 0.2) is 5.78 Å². The van der Waals surface area contributed by atoms with Crippen LogP contribution in [0.1, 0.15) is 60.2 Å². The molecule has 0 aliphatic heterocycles. The van der Waals surface area contributed by atoms with Crippen LogP contribution in [-0.2, 0) is 0 Å². The Kier molecular flexibility index (Phi) is 4.16. The molecule has 88 valence electrons. The van der Waals surface area contributed by atoms with Gasteiger partial charge in [0.25, 0.3) is 0 Å². The first kappa shape index (κ1) is 11.8. The summed E-state index contributed by atoms with van der Waals surface area (Å²) in [6.45, 7) is 2.07. The number of Topliss-reactive ketones (excluding diaryl/α,β-unsaturated/α-hetero) is 1. The van der Waals surface area contributed by atoms with Crippen molar-refractivity contribution in [2.45, 2.75) is 51.9 Å². The molecule has 2 rings (SSSR count). The molecule has 1 saturated carbocycles. The third kappa shape index (κ3) is 2.94. The van der Waals surface area contributed by atoms with E-state index in [1.165, 1.54) is 37.0 Å². The van der Waals surface area contributed by atoms with Crippen LogP contribution in [0.5, 0.6) is 0 Å². The van der Waals surface area contributed by atoms with E-state index in [-0.39, 0.29) is 0 Å².